The summed E-state index contributed by atoms with van der Waals surface area (Å²) in [5.74, 6) is 0.913. The van der Waals surface area contributed by atoms with E-state index in [1.54, 1.807) is 80.9 Å². The average molecular weight is 726 g/mol. The molecule has 0 spiro atoms. The zero-order valence-corrected chi connectivity index (χ0v) is 31.8. The van der Waals surface area contributed by atoms with Crippen molar-refractivity contribution in [3.63, 3.8) is 0 Å². The van der Waals surface area contributed by atoms with Crippen LogP contribution in [-0.4, -0.2) is 72.7 Å². The number of imide groups is 1. The second-order valence-corrected chi connectivity index (χ2v) is 13.8. The molecule has 0 N–H and O–H groups in total. The third kappa shape index (κ3) is 12.1. The molecule has 0 aliphatic heterocycles. The van der Waals surface area contributed by atoms with Gasteiger partial charge in [0.2, 0.25) is 0 Å². The molecule has 12 nitrogen and oxygen atoms in total. The lowest BCUT2D eigenvalue weighted by atomic mass is 10.1. The molecule has 0 bridgehead atoms. The van der Waals surface area contributed by atoms with E-state index >= 15 is 0 Å². The molecule has 3 rings (SSSR count). The molecule has 0 aliphatic rings. The minimum absolute atomic E-state index is 0.00439. The van der Waals surface area contributed by atoms with E-state index in [9.17, 15) is 14.4 Å². The lowest BCUT2D eigenvalue weighted by molar-refractivity contribution is -0.123. The summed E-state index contributed by atoms with van der Waals surface area (Å²) >= 11 is 7.08. The highest BCUT2D eigenvalue weighted by Crippen LogP contribution is 2.40. The number of carbonyl (C=O) groups excluding carboxylic acids is 3. The normalized spacial score (nSPS) is 11.7. The first-order valence-electron chi connectivity index (χ1n) is 16.4. The first kappa shape index (κ1) is 40.5. The number of amides is 3. The number of hydrogen-bond donors (Lipinski definition) is 0. The monoisotopic (exact) mass is 725 g/mol. The van der Waals surface area contributed by atoms with Gasteiger partial charge in [0.05, 0.1) is 19.2 Å². The van der Waals surface area contributed by atoms with Gasteiger partial charge in [-0.1, -0.05) is 42.8 Å². The number of carbonyl (C=O) groups is 3. The highest BCUT2D eigenvalue weighted by molar-refractivity contribution is 6.50. The summed E-state index contributed by atoms with van der Waals surface area (Å²) in [6, 6.07) is 17.7. The molecule has 0 saturated carbocycles. The van der Waals surface area contributed by atoms with E-state index in [-0.39, 0.29) is 47.6 Å². The Morgan fingerprint density at radius 3 is 1.69 bits per heavy atom. The Balaban J connectivity index is 2.16. The number of rotatable bonds is 13. The molecule has 276 valence electrons. The fraction of sp³-hybridized carbons (Fsp3) is 0.421. The largest absolute Gasteiger partial charge is 0.497 e. The Kier molecular flexibility index (Phi) is 14.1. The van der Waals surface area contributed by atoms with Crippen LogP contribution in [0, 0.1) is 0 Å². The average Bonchev–Trinajstić information content (AvgIpc) is 3.07. The molecule has 3 aromatic rings. The van der Waals surface area contributed by atoms with Crippen LogP contribution in [0.25, 0.3) is 0 Å². The number of hydrazone groups is 1. The van der Waals surface area contributed by atoms with Gasteiger partial charge in [0.25, 0.3) is 5.91 Å². The molecule has 0 heterocycles. The Bertz CT molecular complexity index is 1680. The summed E-state index contributed by atoms with van der Waals surface area (Å²) in [4.78, 5) is 41.6. The summed E-state index contributed by atoms with van der Waals surface area (Å²) in [5.41, 5.74) is -0.351. The number of methoxy groups -OCH3 is 2. The number of halogens is 1. The summed E-state index contributed by atoms with van der Waals surface area (Å²) < 4.78 is 34.0. The Hall–Kier alpha value is -4.97. The fourth-order valence-electron chi connectivity index (χ4n) is 4.40. The van der Waals surface area contributed by atoms with E-state index in [0.717, 1.165) is 21.0 Å². The maximum Gasteiger partial charge on any atom is 0.430 e. The standard InChI is InChI=1S/C38H48ClN3O9/c1-11-22-42(36(45)51-38(5,6)7)34(43)32(40-41(8)35(44)50-37(2,3)4)29-20-21-30(48-23-25-12-16-27(46-9)17-13-25)33(31(29)39)49-24-26-14-18-28(47-10)19-15-26/h12-21H,11,22-24H2,1-10H3/b40-32-. The topological polar surface area (TPSA) is 125 Å². The fourth-order valence-corrected chi connectivity index (χ4v) is 4.70. The molecule has 51 heavy (non-hydrogen) atoms. The van der Waals surface area contributed by atoms with Crippen molar-refractivity contribution >= 4 is 35.4 Å². The molecule has 0 fully saturated rings. The Morgan fingerprint density at radius 2 is 1.22 bits per heavy atom. The van der Waals surface area contributed by atoms with Gasteiger partial charge < -0.3 is 28.4 Å². The van der Waals surface area contributed by atoms with Crippen LogP contribution in [-0.2, 0) is 27.5 Å². The number of ether oxygens (including phenoxy) is 6. The molecule has 0 aliphatic carbocycles. The van der Waals surface area contributed by atoms with Crippen LogP contribution in [0.4, 0.5) is 9.59 Å². The lowest BCUT2D eigenvalue weighted by Gasteiger charge is -2.27. The molecule has 13 heteroatoms. The minimum Gasteiger partial charge on any atom is -0.497 e. The van der Waals surface area contributed by atoms with Crippen molar-refractivity contribution in [2.24, 2.45) is 5.10 Å². The van der Waals surface area contributed by atoms with Crippen molar-refractivity contribution in [2.45, 2.75) is 79.3 Å². The maximum absolute atomic E-state index is 14.3. The van der Waals surface area contributed by atoms with Crippen molar-refractivity contribution in [1.29, 1.82) is 0 Å². The predicted molar refractivity (Wildman–Crippen MR) is 195 cm³/mol. The van der Waals surface area contributed by atoms with E-state index in [1.807, 2.05) is 36.4 Å². The second-order valence-electron chi connectivity index (χ2n) is 13.4. The molecule has 3 amide bonds. The second kappa shape index (κ2) is 17.8. The Labute approximate surface area is 305 Å². The third-order valence-electron chi connectivity index (χ3n) is 6.83. The molecule has 3 aromatic carbocycles. The predicted octanol–water partition coefficient (Wildman–Crippen LogP) is 8.26. The van der Waals surface area contributed by atoms with Gasteiger partial charge in [0, 0.05) is 19.2 Å². The number of nitrogens with zero attached hydrogens (tertiary/aromatic N) is 3. The zero-order valence-electron chi connectivity index (χ0n) is 31.0. The summed E-state index contributed by atoms with van der Waals surface area (Å²) in [6.45, 7) is 12.2. The van der Waals surface area contributed by atoms with Crippen LogP contribution >= 0.6 is 11.6 Å². The van der Waals surface area contributed by atoms with Crippen molar-refractivity contribution in [3.05, 3.63) is 82.4 Å². The summed E-state index contributed by atoms with van der Waals surface area (Å²) in [7, 11) is 4.50. The smallest absolute Gasteiger partial charge is 0.430 e. The van der Waals surface area contributed by atoms with Gasteiger partial charge >= 0.3 is 12.2 Å². The van der Waals surface area contributed by atoms with Crippen molar-refractivity contribution in [3.8, 4) is 23.0 Å². The first-order valence-corrected chi connectivity index (χ1v) is 16.8. The van der Waals surface area contributed by atoms with Gasteiger partial charge in [-0.25, -0.2) is 19.5 Å². The van der Waals surface area contributed by atoms with Gasteiger partial charge in [-0.2, -0.15) is 5.10 Å². The minimum atomic E-state index is -0.892. The quantitative estimate of drug-likeness (QED) is 0.126. The molecule has 0 aromatic heterocycles. The first-order chi connectivity index (χ1) is 24.0. The number of benzene rings is 3. The van der Waals surface area contributed by atoms with Gasteiger partial charge in [-0.3, -0.25) is 4.79 Å². The maximum atomic E-state index is 14.3. The third-order valence-corrected chi connectivity index (χ3v) is 7.20. The molecule has 0 atom stereocenters. The lowest BCUT2D eigenvalue weighted by Crippen LogP contribution is -2.45. The van der Waals surface area contributed by atoms with Gasteiger partial charge in [0.15, 0.2) is 17.2 Å². The van der Waals surface area contributed by atoms with E-state index in [0.29, 0.717) is 17.9 Å². The van der Waals surface area contributed by atoms with Crippen LogP contribution in [0.1, 0.15) is 71.6 Å². The van der Waals surface area contributed by atoms with E-state index < -0.39 is 29.3 Å². The number of hydrogen-bond acceptors (Lipinski definition) is 10. The van der Waals surface area contributed by atoms with Gasteiger partial charge in [-0.15, -0.1) is 0 Å². The van der Waals surface area contributed by atoms with Crippen LogP contribution in [0.15, 0.2) is 65.8 Å². The van der Waals surface area contributed by atoms with Crippen molar-refractivity contribution in [2.75, 3.05) is 27.8 Å². The van der Waals surface area contributed by atoms with Gasteiger partial charge in [0.1, 0.15) is 35.9 Å². The van der Waals surface area contributed by atoms with Crippen LogP contribution < -0.4 is 18.9 Å². The molecular weight excluding hydrogens is 678 g/mol. The molecule has 0 unspecified atom stereocenters. The highest BCUT2D eigenvalue weighted by atomic mass is 35.5. The van der Waals surface area contributed by atoms with Crippen LogP contribution in [0.3, 0.4) is 0 Å². The van der Waals surface area contributed by atoms with E-state index in [1.165, 1.54) is 13.1 Å². The van der Waals surface area contributed by atoms with E-state index in [2.05, 4.69) is 5.10 Å². The Morgan fingerprint density at radius 1 is 0.725 bits per heavy atom. The molecular formula is C38H48ClN3O9. The SMILES string of the molecule is CCCN(C(=O)OC(C)(C)C)C(=O)/C(=N\N(C)C(=O)OC(C)(C)C)c1ccc(OCc2ccc(OC)cc2)c(OCc2ccc(OC)cc2)c1Cl. The highest BCUT2D eigenvalue weighted by Gasteiger charge is 2.33. The van der Waals surface area contributed by atoms with Crippen molar-refractivity contribution in [1.82, 2.24) is 9.91 Å². The van der Waals surface area contributed by atoms with Gasteiger partial charge in [-0.05, 0) is 95.5 Å². The van der Waals surface area contributed by atoms with E-state index in [4.69, 9.17) is 40.0 Å². The summed E-state index contributed by atoms with van der Waals surface area (Å²) in [5, 5.41) is 5.20. The molecule has 0 saturated heterocycles. The van der Waals surface area contributed by atoms with Crippen molar-refractivity contribution < 1.29 is 42.8 Å². The molecule has 0 radical (unpaired) electrons. The zero-order chi connectivity index (χ0) is 37.9. The van der Waals surface area contributed by atoms with Crippen LogP contribution in [0.5, 0.6) is 23.0 Å². The van der Waals surface area contributed by atoms with Crippen LogP contribution in [0.2, 0.25) is 5.02 Å². The summed E-state index contributed by atoms with van der Waals surface area (Å²) in [6.07, 6.45) is -1.30.